The average molecular weight is 282 g/mol. The van der Waals surface area contributed by atoms with Gasteiger partial charge in [-0.3, -0.25) is 10.1 Å². The number of nitrogens with two attached hydrogens (primary N) is 1. The standard InChI is InChI=1S/C15H10N2O4/c16-14-11(7-6-10-4-2-1-3-5-10)8-12(15(18)19)9-13(14)17(20)21/h1-5,8-9H,16H2,(H,18,19). The van der Waals surface area contributed by atoms with Crippen molar-refractivity contribution in [1.29, 1.82) is 0 Å². The lowest BCUT2D eigenvalue weighted by Crippen LogP contribution is -2.04. The van der Waals surface area contributed by atoms with Crippen molar-refractivity contribution in [2.75, 3.05) is 5.73 Å². The molecule has 0 aliphatic rings. The number of nitro groups is 1. The zero-order valence-corrected chi connectivity index (χ0v) is 10.7. The number of benzene rings is 2. The highest BCUT2D eigenvalue weighted by atomic mass is 16.6. The highest BCUT2D eigenvalue weighted by molar-refractivity contribution is 5.91. The Morgan fingerprint density at radius 1 is 1.19 bits per heavy atom. The van der Waals surface area contributed by atoms with Crippen molar-refractivity contribution < 1.29 is 14.8 Å². The van der Waals surface area contributed by atoms with Gasteiger partial charge in [0.05, 0.1) is 16.1 Å². The molecule has 0 bridgehead atoms. The summed E-state index contributed by atoms with van der Waals surface area (Å²) in [5.41, 5.74) is 5.65. The van der Waals surface area contributed by atoms with E-state index in [-0.39, 0.29) is 16.8 Å². The Bertz CT molecular complexity index is 773. The predicted molar refractivity (Wildman–Crippen MR) is 76.9 cm³/mol. The molecule has 0 aliphatic carbocycles. The van der Waals surface area contributed by atoms with Gasteiger partial charge < -0.3 is 10.8 Å². The van der Waals surface area contributed by atoms with Gasteiger partial charge in [-0.15, -0.1) is 0 Å². The second kappa shape index (κ2) is 5.75. The van der Waals surface area contributed by atoms with Gasteiger partial charge in [-0.2, -0.15) is 0 Å². The predicted octanol–water partition coefficient (Wildman–Crippen LogP) is 2.27. The Morgan fingerprint density at radius 3 is 2.43 bits per heavy atom. The highest BCUT2D eigenvalue weighted by Crippen LogP contribution is 2.26. The maximum absolute atomic E-state index is 11.0. The van der Waals surface area contributed by atoms with Gasteiger partial charge in [0.1, 0.15) is 5.69 Å². The molecule has 2 rings (SSSR count). The number of hydrogen-bond donors (Lipinski definition) is 2. The summed E-state index contributed by atoms with van der Waals surface area (Å²) < 4.78 is 0. The van der Waals surface area contributed by atoms with Gasteiger partial charge in [0.2, 0.25) is 0 Å². The molecule has 0 atom stereocenters. The van der Waals surface area contributed by atoms with E-state index in [0.717, 1.165) is 6.07 Å². The summed E-state index contributed by atoms with van der Waals surface area (Å²) in [6.07, 6.45) is 0. The van der Waals surface area contributed by atoms with Crippen molar-refractivity contribution in [2.24, 2.45) is 0 Å². The Morgan fingerprint density at radius 2 is 1.86 bits per heavy atom. The lowest BCUT2D eigenvalue weighted by atomic mass is 10.1. The van der Waals surface area contributed by atoms with E-state index in [2.05, 4.69) is 11.8 Å². The van der Waals surface area contributed by atoms with Gasteiger partial charge >= 0.3 is 5.97 Å². The number of anilines is 1. The monoisotopic (exact) mass is 282 g/mol. The number of aromatic carboxylic acids is 1. The highest BCUT2D eigenvalue weighted by Gasteiger charge is 2.19. The van der Waals surface area contributed by atoms with Crippen molar-refractivity contribution in [1.82, 2.24) is 0 Å². The number of rotatable bonds is 2. The third kappa shape index (κ3) is 3.16. The SMILES string of the molecule is Nc1c(C#Cc2ccccc2)cc(C(=O)O)cc1[N+](=O)[O-]. The Hall–Kier alpha value is -3.33. The van der Waals surface area contributed by atoms with Gasteiger partial charge in [0, 0.05) is 11.6 Å². The van der Waals surface area contributed by atoms with Gasteiger partial charge in [-0.1, -0.05) is 30.0 Å². The molecule has 21 heavy (non-hydrogen) atoms. The number of carboxylic acids is 1. The lowest BCUT2D eigenvalue weighted by Gasteiger charge is -2.02. The van der Waals surface area contributed by atoms with E-state index in [1.165, 1.54) is 6.07 Å². The molecule has 104 valence electrons. The van der Waals surface area contributed by atoms with Gasteiger partial charge in [-0.25, -0.2) is 4.79 Å². The van der Waals surface area contributed by atoms with Crippen LogP contribution in [0.1, 0.15) is 21.5 Å². The molecule has 0 saturated carbocycles. The molecule has 0 fully saturated rings. The maximum atomic E-state index is 11.0. The molecular weight excluding hydrogens is 272 g/mol. The number of nitro benzene ring substituents is 1. The fourth-order valence-corrected chi connectivity index (χ4v) is 1.68. The van der Waals surface area contributed by atoms with Crippen LogP contribution >= 0.6 is 0 Å². The van der Waals surface area contributed by atoms with Crippen LogP contribution in [0.15, 0.2) is 42.5 Å². The number of nitrogen functional groups attached to an aromatic ring is 1. The van der Waals surface area contributed by atoms with E-state index in [1.807, 2.05) is 6.07 Å². The van der Waals surface area contributed by atoms with Crippen LogP contribution in [0.3, 0.4) is 0 Å². The number of nitrogens with zero attached hydrogens (tertiary/aromatic N) is 1. The van der Waals surface area contributed by atoms with Crippen LogP contribution in [0, 0.1) is 22.0 Å². The van der Waals surface area contributed by atoms with Crippen LogP contribution in [0.25, 0.3) is 0 Å². The molecule has 3 N–H and O–H groups in total. The van der Waals surface area contributed by atoms with Crippen LogP contribution in [0.4, 0.5) is 11.4 Å². The summed E-state index contributed by atoms with van der Waals surface area (Å²) in [4.78, 5) is 21.2. The lowest BCUT2D eigenvalue weighted by molar-refractivity contribution is -0.383. The van der Waals surface area contributed by atoms with Crippen LogP contribution in [-0.2, 0) is 0 Å². The molecule has 0 spiro atoms. The zero-order chi connectivity index (χ0) is 15.4. The molecule has 2 aromatic carbocycles. The summed E-state index contributed by atoms with van der Waals surface area (Å²) in [5.74, 6) is 4.19. The van der Waals surface area contributed by atoms with E-state index in [4.69, 9.17) is 10.8 Å². The molecular formula is C15H10N2O4. The van der Waals surface area contributed by atoms with E-state index in [9.17, 15) is 14.9 Å². The third-order valence-corrected chi connectivity index (χ3v) is 2.72. The fourth-order valence-electron chi connectivity index (χ4n) is 1.68. The minimum Gasteiger partial charge on any atom is -0.478 e. The second-order valence-electron chi connectivity index (χ2n) is 4.13. The molecule has 6 heteroatoms. The topological polar surface area (TPSA) is 106 Å². The van der Waals surface area contributed by atoms with E-state index in [1.54, 1.807) is 24.3 Å². The molecule has 0 radical (unpaired) electrons. The maximum Gasteiger partial charge on any atom is 0.335 e. The molecule has 0 saturated heterocycles. The Kier molecular flexibility index (Phi) is 3.86. The number of carbonyl (C=O) groups is 1. The number of hydrogen-bond acceptors (Lipinski definition) is 4. The molecule has 0 aliphatic heterocycles. The van der Waals surface area contributed by atoms with E-state index >= 15 is 0 Å². The minimum absolute atomic E-state index is 0.116. The Balaban J connectivity index is 2.56. The fraction of sp³-hybridized carbons (Fsp3) is 0. The first kappa shape index (κ1) is 14.1. The van der Waals surface area contributed by atoms with Crippen LogP contribution in [-0.4, -0.2) is 16.0 Å². The first-order chi connectivity index (χ1) is 9.99. The largest absolute Gasteiger partial charge is 0.478 e. The molecule has 0 unspecified atom stereocenters. The van der Waals surface area contributed by atoms with Crippen LogP contribution in [0.2, 0.25) is 0 Å². The molecule has 2 aromatic rings. The zero-order valence-electron chi connectivity index (χ0n) is 10.7. The van der Waals surface area contributed by atoms with Gasteiger partial charge in [-0.05, 0) is 18.2 Å². The smallest absolute Gasteiger partial charge is 0.335 e. The van der Waals surface area contributed by atoms with Crippen molar-refractivity contribution in [3.8, 4) is 11.8 Å². The Labute approximate surface area is 120 Å². The second-order valence-corrected chi connectivity index (χ2v) is 4.13. The summed E-state index contributed by atoms with van der Waals surface area (Å²) in [5, 5.41) is 19.9. The molecule has 0 aromatic heterocycles. The van der Waals surface area contributed by atoms with Crippen molar-refractivity contribution in [3.63, 3.8) is 0 Å². The summed E-state index contributed by atoms with van der Waals surface area (Å²) in [6.45, 7) is 0. The third-order valence-electron chi connectivity index (χ3n) is 2.72. The van der Waals surface area contributed by atoms with E-state index < -0.39 is 16.6 Å². The summed E-state index contributed by atoms with van der Waals surface area (Å²) in [6, 6.07) is 11.1. The normalized spacial score (nSPS) is 9.52. The quantitative estimate of drug-likeness (QED) is 0.380. The minimum atomic E-state index is -1.28. The number of carboxylic acid groups (broad SMARTS) is 1. The van der Waals surface area contributed by atoms with Gasteiger partial charge in [0.25, 0.3) is 5.69 Å². The molecule has 0 heterocycles. The molecule has 6 nitrogen and oxygen atoms in total. The summed E-state index contributed by atoms with van der Waals surface area (Å²) in [7, 11) is 0. The van der Waals surface area contributed by atoms with Crippen LogP contribution in [0.5, 0.6) is 0 Å². The van der Waals surface area contributed by atoms with Gasteiger partial charge in [0.15, 0.2) is 0 Å². The van der Waals surface area contributed by atoms with Crippen molar-refractivity contribution in [3.05, 3.63) is 69.3 Å². The van der Waals surface area contributed by atoms with E-state index in [0.29, 0.717) is 5.56 Å². The first-order valence-corrected chi connectivity index (χ1v) is 5.87. The van der Waals surface area contributed by atoms with Crippen molar-refractivity contribution >= 4 is 17.3 Å². The first-order valence-electron chi connectivity index (χ1n) is 5.87. The average Bonchev–Trinajstić information content (AvgIpc) is 2.46. The van der Waals surface area contributed by atoms with Crippen molar-refractivity contribution in [2.45, 2.75) is 0 Å². The molecule has 0 amide bonds. The van der Waals surface area contributed by atoms with Crippen LogP contribution < -0.4 is 5.73 Å². The summed E-state index contributed by atoms with van der Waals surface area (Å²) >= 11 is 0.